The van der Waals surface area contributed by atoms with E-state index in [0.29, 0.717) is 24.6 Å². The summed E-state index contributed by atoms with van der Waals surface area (Å²) in [6.07, 6.45) is 2.17. The summed E-state index contributed by atoms with van der Waals surface area (Å²) in [5.41, 5.74) is 5.90. The van der Waals surface area contributed by atoms with Crippen LogP contribution < -0.4 is 5.73 Å². The maximum absolute atomic E-state index is 11.2. The number of hydrogen-bond acceptors (Lipinski definition) is 5. The Morgan fingerprint density at radius 2 is 2.32 bits per heavy atom. The summed E-state index contributed by atoms with van der Waals surface area (Å²) in [4.78, 5) is 24.1. The SMILES string of the molecule is COCC1CCCN(Cc2ccc(C(N)=O)cc2[N+](=O)[O-])C1. The molecule has 1 saturated heterocycles. The number of hydrogen-bond donors (Lipinski definition) is 1. The third kappa shape index (κ3) is 4.02. The number of amides is 1. The van der Waals surface area contributed by atoms with Crippen LogP contribution in [0.2, 0.25) is 0 Å². The summed E-state index contributed by atoms with van der Waals surface area (Å²) in [6.45, 7) is 2.98. The standard InChI is InChI=1S/C15H21N3O4/c1-22-10-11-3-2-6-17(8-11)9-13-5-4-12(15(16)19)7-14(13)18(20)21/h4-5,7,11H,2-3,6,8-10H2,1H3,(H2,16,19). The van der Waals surface area contributed by atoms with Gasteiger partial charge in [0.15, 0.2) is 0 Å². The van der Waals surface area contributed by atoms with Crippen molar-refractivity contribution in [2.75, 3.05) is 26.8 Å². The van der Waals surface area contributed by atoms with Gasteiger partial charge < -0.3 is 10.5 Å². The molecule has 22 heavy (non-hydrogen) atoms. The van der Waals surface area contributed by atoms with E-state index in [0.717, 1.165) is 25.9 Å². The van der Waals surface area contributed by atoms with Crippen molar-refractivity contribution in [3.8, 4) is 0 Å². The Bertz CT molecular complexity index is 560. The third-order valence-electron chi connectivity index (χ3n) is 3.97. The summed E-state index contributed by atoms with van der Waals surface area (Å²) >= 11 is 0. The molecular weight excluding hydrogens is 286 g/mol. The fourth-order valence-electron chi connectivity index (χ4n) is 2.93. The van der Waals surface area contributed by atoms with Gasteiger partial charge in [-0.2, -0.15) is 0 Å². The molecule has 0 bridgehead atoms. The average Bonchev–Trinajstić information content (AvgIpc) is 2.48. The maximum Gasteiger partial charge on any atom is 0.274 e. The predicted molar refractivity (Wildman–Crippen MR) is 81.5 cm³/mol. The number of carbonyl (C=O) groups excluding carboxylic acids is 1. The average molecular weight is 307 g/mol. The molecule has 1 aromatic rings. The van der Waals surface area contributed by atoms with Gasteiger partial charge in [0.2, 0.25) is 5.91 Å². The fourth-order valence-corrected chi connectivity index (χ4v) is 2.93. The fraction of sp³-hybridized carbons (Fsp3) is 0.533. The van der Waals surface area contributed by atoms with Gasteiger partial charge in [0, 0.05) is 37.4 Å². The van der Waals surface area contributed by atoms with E-state index >= 15 is 0 Å². The van der Waals surface area contributed by atoms with Crippen LogP contribution >= 0.6 is 0 Å². The molecular formula is C15H21N3O4. The molecule has 0 saturated carbocycles. The molecule has 1 aliphatic rings. The van der Waals surface area contributed by atoms with Gasteiger partial charge in [-0.1, -0.05) is 6.07 Å². The number of carbonyl (C=O) groups is 1. The minimum atomic E-state index is -0.659. The topological polar surface area (TPSA) is 98.7 Å². The minimum absolute atomic E-state index is 0.0508. The number of rotatable bonds is 6. The van der Waals surface area contributed by atoms with Crippen molar-refractivity contribution in [3.63, 3.8) is 0 Å². The summed E-state index contributed by atoms with van der Waals surface area (Å²) in [5, 5.41) is 11.2. The molecule has 1 aromatic carbocycles. The van der Waals surface area contributed by atoms with Crippen molar-refractivity contribution in [1.82, 2.24) is 4.90 Å². The molecule has 0 spiro atoms. The first kappa shape index (κ1) is 16.4. The lowest BCUT2D eigenvalue weighted by Crippen LogP contribution is -2.36. The number of nitrogens with zero attached hydrogens (tertiary/aromatic N) is 2. The maximum atomic E-state index is 11.2. The van der Waals surface area contributed by atoms with Crippen molar-refractivity contribution >= 4 is 11.6 Å². The van der Waals surface area contributed by atoms with Gasteiger partial charge in [-0.05, 0) is 31.4 Å². The van der Waals surface area contributed by atoms with E-state index in [2.05, 4.69) is 4.90 Å². The molecule has 0 aliphatic carbocycles. The lowest BCUT2D eigenvalue weighted by atomic mass is 9.98. The molecule has 2 rings (SSSR count). The summed E-state index contributed by atoms with van der Waals surface area (Å²) < 4.78 is 5.20. The number of methoxy groups -OCH3 is 1. The normalized spacial score (nSPS) is 19.0. The number of nitro benzene ring substituents is 1. The number of nitro groups is 1. The van der Waals surface area contributed by atoms with Crippen LogP contribution in [0.15, 0.2) is 18.2 Å². The Morgan fingerprint density at radius 3 is 2.95 bits per heavy atom. The van der Waals surface area contributed by atoms with E-state index in [-0.39, 0.29) is 11.3 Å². The number of benzene rings is 1. The Kier molecular flexibility index (Phi) is 5.46. The Balaban J connectivity index is 2.14. The lowest BCUT2D eigenvalue weighted by molar-refractivity contribution is -0.385. The number of ether oxygens (including phenoxy) is 1. The van der Waals surface area contributed by atoms with Gasteiger partial charge in [0.1, 0.15) is 0 Å². The highest BCUT2D eigenvalue weighted by atomic mass is 16.6. The number of primary amides is 1. The van der Waals surface area contributed by atoms with Crippen LogP contribution in [0, 0.1) is 16.0 Å². The van der Waals surface area contributed by atoms with Crippen LogP contribution in [0.3, 0.4) is 0 Å². The first-order valence-corrected chi connectivity index (χ1v) is 7.29. The van der Waals surface area contributed by atoms with Gasteiger partial charge in [0.05, 0.1) is 11.5 Å². The molecule has 1 unspecified atom stereocenters. The molecule has 120 valence electrons. The van der Waals surface area contributed by atoms with Crippen LogP contribution in [0.25, 0.3) is 0 Å². The monoisotopic (exact) mass is 307 g/mol. The van der Waals surface area contributed by atoms with Gasteiger partial charge in [-0.3, -0.25) is 19.8 Å². The van der Waals surface area contributed by atoms with Gasteiger partial charge in [-0.25, -0.2) is 0 Å². The zero-order chi connectivity index (χ0) is 16.1. The highest BCUT2D eigenvalue weighted by Crippen LogP contribution is 2.25. The van der Waals surface area contributed by atoms with Crippen LogP contribution in [0.1, 0.15) is 28.8 Å². The van der Waals surface area contributed by atoms with E-state index in [1.54, 1.807) is 19.2 Å². The summed E-state index contributed by atoms with van der Waals surface area (Å²) in [5.74, 6) is -0.199. The van der Waals surface area contributed by atoms with Crippen LogP contribution in [-0.4, -0.2) is 42.5 Å². The van der Waals surface area contributed by atoms with E-state index in [1.807, 2.05) is 0 Å². The van der Waals surface area contributed by atoms with Crippen LogP contribution in [0.5, 0.6) is 0 Å². The third-order valence-corrected chi connectivity index (χ3v) is 3.97. The van der Waals surface area contributed by atoms with Gasteiger partial charge in [-0.15, -0.1) is 0 Å². The van der Waals surface area contributed by atoms with E-state index in [9.17, 15) is 14.9 Å². The Hall–Kier alpha value is -1.99. The molecule has 0 aromatic heterocycles. The first-order valence-electron chi connectivity index (χ1n) is 7.29. The lowest BCUT2D eigenvalue weighted by Gasteiger charge is -2.32. The van der Waals surface area contributed by atoms with Gasteiger partial charge >= 0.3 is 0 Å². The van der Waals surface area contributed by atoms with Crippen molar-refractivity contribution in [2.45, 2.75) is 19.4 Å². The Labute approximate surface area is 129 Å². The summed E-state index contributed by atoms with van der Waals surface area (Å²) in [7, 11) is 1.69. The number of piperidine rings is 1. The molecule has 1 heterocycles. The predicted octanol–water partition coefficient (Wildman–Crippen LogP) is 1.55. The second-order valence-electron chi connectivity index (χ2n) is 5.66. The van der Waals surface area contributed by atoms with E-state index in [1.165, 1.54) is 6.07 Å². The van der Waals surface area contributed by atoms with Crippen molar-refractivity contribution in [1.29, 1.82) is 0 Å². The first-order chi connectivity index (χ1) is 10.5. The number of nitrogens with two attached hydrogens (primary N) is 1. The second-order valence-corrected chi connectivity index (χ2v) is 5.66. The van der Waals surface area contributed by atoms with Crippen molar-refractivity contribution < 1.29 is 14.5 Å². The summed E-state index contributed by atoms with van der Waals surface area (Å²) in [6, 6.07) is 4.42. The highest BCUT2D eigenvalue weighted by molar-refractivity contribution is 5.93. The molecule has 1 aliphatic heterocycles. The van der Waals surface area contributed by atoms with Crippen LogP contribution in [-0.2, 0) is 11.3 Å². The number of likely N-dealkylation sites (tertiary alicyclic amines) is 1. The Morgan fingerprint density at radius 1 is 1.55 bits per heavy atom. The zero-order valence-corrected chi connectivity index (χ0v) is 12.7. The smallest absolute Gasteiger partial charge is 0.274 e. The zero-order valence-electron chi connectivity index (χ0n) is 12.7. The van der Waals surface area contributed by atoms with E-state index in [4.69, 9.17) is 10.5 Å². The molecule has 2 N–H and O–H groups in total. The minimum Gasteiger partial charge on any atom is -0.384 e. The van der Waals surface area contributed by atoms with Gasteiger partial charge in [0.25, 0.3) is 5.69 Å². The highest BCUT2D eigenvalue weighted by Gasteiger charge is 2.23. The molecule has 1 atom stereocenters. The molecule has 1 fully saturated rings. The van der Waals surface area contributed by atoms with Crippen LogP contribution in [0.4, 0.5) is 5.69 Å². The molecule has 7 nitrogen and oxygen atoms in total. The molecule has 1 amide bonds. The van der Waals surface area contributed by atoms with Crippen molar-refractivity contribution in [3.05, 3.63) is 39.4 Å². The van der Waals surface area contributed by atoms with E-state index < -0.39 is 10.8 Å². The molecule has 7 heteroatoms. The molecule has 0 radical (unpaired) electrons. The quantitative estimate of drug-likeness (QED) is 0.635. The van der Waals surface area contributed by atoms with Crippen molar-refractivity contribution in [2.24, 2.45) is 11.7 Å². The largest absolute Gasteiger partial charge is 0.384 e. The second kappa shape index (κ2) is 7.33.